The van der Waals surface area contributed by atoms with Crippen LogP contribution in [0.4, 0.5) is 11.4 Å². The molecule has 0 saturated heterocycles. The summed E-state index contributed by atoms with van der Waals surface area (Å²) >= 11 is 0. The molecular weight excluding hydrogens is 250 g/mol. The van der Waals surface area contributed by atoms with Gasteiger partial charge in [-0.15, -0.1) is 0 Å². The van der Waals surface area contributed by atoms with Crippen LogP contribution in [0.5, 0.6) is 5.75 Å². The van der Waals surface area contributed by atoms with Crippen molar-refractivity contribution in [3.05, 3.63) is 28.3 Å². The van der Waals surface area contributed by atoms with Gasteiger partial charge in [0.2, 0.25) is 5.91 Å². The van der Waals surface area contributed by atoms with Crippen LogP contribution in [-0.2, 0) is 4.79 Å². The van der Waals surface area contributed by atoms with E-state index in [9.17, 15) is 14.9 Å². The Balaban J connectivity index is 2.72. The highest BCUT2D eigenvalue weighted by molar-refractivity contribution is 5.92. The summed E-state index contributed by atoms with van der Waals surface area (Å²) in [6.07, 6.45) is 1.85. The third-order valence-electron chi connectivity index (χ3n) is 2.53. The van der Waals surface area contributed by atoms with Gasteiger partial charge in [-0.3, -0.25) is 14.9 Å². The lowest BCUT2D eigenvalue weighted by Gasteiger charge is -2.09. The standard InChI is InChI=1S/C12H17N3O4/c1-19-11-8-9(15(17)18)5-6-10(11)14-12(16)4-2-3-7-13/h5-6,8H,2-4,7,13H2,1H3,(H,14,16). The van der Waals surface area contributed by atoms with Crippen molar-refractivity contribution in [1.82, 2.24) is 0 Å². The van der Waals surface area contributed by atoms with Gasteiger partial charge in [0.25, 0.3) is 5.69 Å². The van der Waals surface area contributed by atoms with E-state index in [0.717, 1.165) is 6.42 Å². The second kappa shape index (κ2) is 7.32. The van der Waals surface area contributed by atoms with E-state index in [1.807, 2.05) is 0 Å². The Morgan fingerprint density at radius 3 is 2.79 bits per heavy atom. The van der Waals surface area contributed by atoms with Crippen LogP contribution in [0.15, 0.2) is 18.2 Å². The Hall–Kier alpha value is -2.15. The van der Waals surface area contributed by atoms with E-state index in [-0.39, 0.29) is 17.3 Å². The van der Waals surface area contributed by atoms with Crippen molar-refractivity contribution in [2.75, 3.05) is 19.0 Å². The maximum Gasteiger partial charge on any atom is 0.273 e. The van der Waals surface area contributed by atoms with E-state index in [1.165, 1.54) is 25.3 Å². The third-order valence-corrected chi connectivity index (χ3v) is 2.53. The number of nitrogens with zero attached hydrogens (tertiary/aromatic N) is 1. The lowest BCUT2D eigenvalue weighted by atomic mass is 10.2. The zero-order valence-electron chi connectivity index (χ0n) is 10.7. The first-order valence-electron chi connectivity index (χ1n) is 5.91. The van der Waals surface area contributed by atoms with Crippen molar-refractivity contribution in [2.24, 2.45) is 5.73 Å². The van der Waals surface area contributed by atoms with Gasteiger partial charge in [-0.1, -0.05) is 0 Å². The number of carbonyl (C=O) groups excluding carboxylic acids is 1. The highest BCUT2D eigenvalue weighted by Gasteiger charge is 2.13. The molecule has 1 amide bonds. The van der Waals surface area contributed by atoms with E-state index in [0.29, 0.717) is 25.1 Å². The SMILES string of the molecule is COc1cc([N+](=O)[O-])ccc1NC(=O)CCCCN. The van der Waals surface area contributed by atoms with Gasteiger partial charge >= 0.3 is 0 Å². The minimum absolute atomic E-state index is 0.0852. The normalized spacial score (nSPS) is 10.0. The van der Waals surface area contributed by atoms with E-state index >= 15 is 0 Å². The zero-order chi connectivity index (χ0) is 14.3. The van der Waals surface area contributed by atoms with Gasteiger partial charge in [-0.25, -0.2) is 0 Å². The summed E-state index contributed by atoms with van der Waals surface area (Å²) < 4.78 is 5.02. The van der Waals surface area contributed by atoms with Crippen LogP contribution in [0.2, 0.25) is 0 Å². The number of nitrogens with two attached hydrogens (primary N) is 1. The molecule has 104 valence electrons. The number of nitro groups is 1. The Morgan fingerprint density at radius 2 is 2.21 bits per heavy atom. The lowest BCUT2D eigenvalue weighted by molar-refractivity contribution is -0.384. The fraction of sp³-hybridized carbons (Fsp3) is 0.417. The molecule has 0 unspecified atom stereocenters. The van der Waals surface area contributed by atoms with Crippen LogP contribution in [0.3, 0.4) is 0 Å². The predicted octanol–water partition coefficient (Wildman–Crippen LogP) is 1.67. The maximum atomic E-state index is 11.6. The molecule has 1 aromatic carbocycles. The Labute approximate surface area is 110 Å². The molecule has 1 aromatic rings. The summed E-state index contributed by atoms with van der Waals surface area (Å²) in [7, 11) is 1.39. The molecule has 0 aliphatic carbocycles. The fourth-order valence-electron chi connectivity index (χ4n) is 1.54. The number of hydrogen-bond donors (Lipinski definition) is 2. The number of anilines is 1. The molecule has 0 radical (unpaired) electrons. The molecule has 0 aromatic heterocycles. The molecule has 0 heterocycles. The minimum Gasteiger partial charge on any atom is -0.494 e. The van der Waals surface area contributed by atoms with Gasteiger partial charge in [-0.2, -0.15) is 0 Å². The van der Waals surface area contributed by atoms with Crippen LogP contribution >= 0.6 is 0 Å². The molecule has 0 bridgehead atoms. The van der Waals surface area contributed by atoms with Gasteiger partial charge < -0.3 is 15.8 Å². The van der Waals surface area contributed by atoms with E-state index < -0.39 is 4.92 Å². The van der Waals surface area contributed by atoms with Crippen molar-refractivity contribution in [3.8, 4) is 5.75 Å². The van der Waals surface area contributed by atoms with E-state index in [1.54, 1.807) is 0 Å². The number of rotatable bonds is 7. The second-order valence-electron chi connectivity index (χ2n) is 3.94. The third kappa shape index (κ3) is 4.55. The first kappa shape index (κ1) is 14.9. The van der Waals surface area contributed by atoms with Crippen molar-refractivity contribution in [1.29, 1.82) is 0 Å². The lowest BCUT2D eigenvalue weighted by Crippen LogP contribution is -2.12. The number of amides is 1. The molecule has 0 atom stereocenters. The average Bonchev–Trinajstić information content (AvgIpc) is 2.39. The Morgan fingerprint density at radius 1 is 1.47 bits per heavy atom. The predicted molar refractivity (Wildman–Crippen MR) is 71.2 cm³/mol. The Kier molecular flexibility index (Phi) is 5.74. The van der Waals surface area contributed by atoms with Crippen molar-refractivity contribution in [3.63, 3.8) is 0 Å². The van der Waals surface area contributed by atoms with Crippen LogP contribution in [0, 0.1) is 10.1 Å². The van der Waals surface area contributed by atoms with Crippen LogP contribution in [0.1, 0.15) is 19.3 Å². The number of nitrogens with one attached hydrogen (secondary N) is 1. The number of unbranched alkanes of at least 4 members (excludes halogenated alkanes) is 1. The maximum absolute atomic E-state index is 11.6. The van der Waals surface area contributed by atoms with Gasteiger partial charge in [0.1, 0.15) is 5.75 Å². The summed E-state index contributed by atoms with van der Waals surface area (Å²) in [5.41, 5.74) is 5.68. The molecule has 7 nitrogen and oxygen atoms in total. The number of hydrogen-bond acceptors (Lipinski definition) is 5. The van der Waals surface area contributed by atoms with Crippen molar-refractivity contribution < 1.29 is 14.5 Å². The zero-order valence-corrected chi connectivity index (χ0v) is 10.7. The summed E-state index contributed by atoms with van der Waals surface area (Å²) in [5, 5.41) is 13.3. The smallest absolute Gasteiger partial charge is 0.273 e. The van der Waals surface area contributed by atoms with Crippen LogP contribution in [-0.4, -0.2) is 24.5 Å². The molecule has 0 spiro atoms. The van der Waals surface area contributed by atoms with Crippen molar-refractivity contribution in [2.45, 2.75) is 19.3 Å². The first-order chi connectivity index (χ1) is 9.08. The number of benzene rings is 1. The number of carbonyl (C=O) groups is 1. The van der Waals surface area contributed by atoms with Crippen molar-refractivity contribution >= 4 is 17.3 Å². The van der Waals surface area contributed by atoms with Gasteiger partial charge in [0.15, 0.2) is 0 Å². The first-order valence-corrected chi connectivity index (χ1v) is 5.91. The van der Waals surface area contributed by atoms with Gasteiger partial charge in [0.05, 0.1) is 23.8 Å². The molecule has 0 saturated carbocycles. The summed E-state index contributed by atoms with van der Waals surface area (Å²) in [5.74, 6) is 0.0991. The van der Waals surface area contributed by atoms with Crippen LogP contribution < -0.4 is 15.8 Å². The Bertz CT molecular complexity index is 462. The molecule has 0 aliphatic rings. The average molecular weight is 267 g/mol. The molecular formula is C12H17N3O4. The molecule has 19 heavy (non-hydrogen) atoms. The molecule has 3 N–H and O–H groups in total. The van der Waals surface area contributed by atoms with Gasteiger partial charge in [-0.05, 0) is 25.5 Å². The summed E-state index contributed by atoms with van der Waals surface area (Å²) in [6.45, 7) is 0.550. The fourth-order valence-corrected chi connectivity index (χ4v) is 1.54. The second-order valence-corrected chi connectivity index (χ2v) is 3.94. The minimum atomic E-state index is -0.518. The number of non-ortho nitro benzene ring substituents is 1. The van der Waals surface area contributed by atoms with E-state index in [2.05, 4.69) is 5.32 Å². The van der Waals surface area contributed by atoms with E-state index in [4.69, 9.17) is 10.5 Å². The van der Waals surface area contributed by atoms with Crippen LogP contribution in [0.25, 0.3) is 0 Å². The highest BCUT2D eigenvalue weighted by Crippen LogP contribution is 2.29. The quantitative estimate of drug-likeness (QED) is 0.444. The number of nitro benzene ring substituents is 1. The summed E-state index contributed by atoms with van der Waals surface area (Å²) in [4.78, 5) is 21.7. The molecule has 7 heteroatoms. The summed E-state index contributed by atoms with van der Waals surface area (Å²) in [6, 6.07) is 4.05. The molecule has 1 rings (SSSR count). The topological polar surface area (TPSA) is 107 Å². The van der Waals surface area contributed by atoms with Gasteiger partial charge in [0, 0.05) is 12.5 Å². The number of ether oxygens (including phenoxy) is 1. The number of methoxy groups -OCH3 is 1. The molecule has 0 fully saturated rings. The monoisotopic (exact) mass is 267 g/mol. The molecule has 0 aliphatic heterocycles. The highest BCUT2D eigenvalue weighted by atomic mass is 16.6. The largest absolute Gasteiger partial charge is 0.494 e.